The van der Waals surface area contributed by atoms with Gasteiger partial charge in [0, 0.05) is 24.2 Å². The van der Waals surface area contributed by atoms with Gasteiger partial charge in [0.15, 0.2) is 0 Å². The molecule has 0 radical (unpaired) electrons. The summed E-state index contributed by atoms with van der Waals surface area (Å²) in [6.45, 7) is 6.56. The van der Waals surface area contributed by atoms with E-state index in [0.29, 0.717) is 17.9 Å². The quantitative estimate of drug-likeness (QED) is 0.904. The van der Waals surface area contributed by atoms with Crippen LogP contribution in [0.5, 0.6) is 0 Å². The van der Waals surface area contributed by atoms with Crippen LogP contribution < -0.4 is 5.32 Å². The summed E-state index contributed by atoms with van der Waals surface area (Å²) in [5.41, 5.74) is 3.45. The molecule has 0 aliphatic heterocycles. The van der Waals surface area contributed by atoms with Crippen LogP contribution in [-0.2, 0) is 19.4 Å². The van der Waals surface area contributed by atoms with Crippen molar-refractivity contribution in [2.24, 2.45) is 0 Å². The zero-order valence-corrected chi connectivity index (χ0v) is 12.0. The molecule has 0 aromatic carbocycles. The van der Waals surface area contributed by atoms with E-state index in [4.69, 9.17) is 9.78 Å². The topological polar surface area (TPSA) is 74.7 Å². The van der Waals surface area contributed by atoms with Crippen molar-refractivity contribution < 1.29 is 4.52 Å². The van der Waals surface area contributed by atoms with Gasteiger partial charge in [-0.05, 0) is 25.5 Å². The second kappa shape index (κ2) is 6.20. The second-order valence-corrected chi connectivity index (χ2v) is 4.55. The number of pyridine rings is 1. The van der Waals surface area contributed by atoms with E-state index in [1.807, 2.05) is 26.8 Å². The van der Waals surface area contributed by atoms with Gasteiger partial charge in [-0.25, -0.2) is 4.98 Å². The lowest BCUT2D eigenvalue weighted by molar-refractivity contribution is 0.380. The molecule has 0 spiro atoms. The van der Waals surface area contributed by atoms with E-state index in [1.54, 1.807) is 6.07 Å². The molecule has 0 fully saturated rings. The van der Waals surface area contributed by atoms with E-state index in [0.717, 1.165) is 35.6 Å². The largest absolute Gasteiger partial charge is 0.365 e. The summed E-state index contributed by atoms with van der Waals surface area (Å²) in [5.74, 6) is 1.50. The Hall–Kier alpha value is -2.35. The minimum atomic E-state index is 0.545. The summed E-state index contributed by atoms with van der Waals surface area (Å²) >= 11 is 0. The summed E-state index contributed by atoms with van der Waals surface area (Å²) in [7, 11) is 0. The number of rotatable bonds is 5. The van der Waals surface area contributed by atoms with Crippen LogP contribution in [0.3, 0.4) is 0 Å². The Kier molecular flexibility index (Phi) is 4.36. The summed E-state index contributed by atoms with van der Waals surface area (Å²) in [4.78, 5) is 4.37. The maximum absolute atomic E-state index is 9.11. The molecule has 5 heteroatoms. The lowest BCUT2D eigenvalue weighted by atomic mass is 10.1. The number of nitrogens with zero attached hydrogens (tertiary/aromatic N) is 3. The van der Waals surface area contributed by atoms with Crippen molar-refractivity contribution >= 4 is 5.82 Å². The molecule has 0 saturated carbocycles. The molecule has 0 bridgehead atoms. The molecule has 0 aliphatic rings. The summed E-state index contributed by atoms with van der Waals surface area (Å²) < 4.78 is 5.33. The zero-order chi connectivity index (χ0) is 14.5. The Morgan fingerprint density at radius 2 is 2.10 bits per heavy atom. The predicted molar refractivity (Wildman–Crippen MR) is 76.3 cm³/mol. The molecule has 1 N–H and O–H groups in total. The first kappa shape index (κ1) is 14.1. The van der Waals surface area contributed by atoms with E-state index >= 15 is 0 Å². The SMILES string of the molecule is CCc1noc(CC)c1CNc1nc(C)ccc1C#N. The van der Waals surface area contributed by atoms with Gasteiger partial charge in [0.25, 0.3) is 0 Å². The van der Waals surface area contributed by atoms with Gasteiger partial charge in [-0.2, -0.15) is 5.26 Å². The van der Waals surface area contributed by atoms with Crippen molar-refractivity contribution in [2.45, 2.75) is 40.2 Å². The Balaban J connectivity index is 2.23. The van der Waals surface area contributed by atoms with Gasteiger partial charge < -0.3 is 9.84 Å². The Morgan fingerprint density at radius 3 is 2.75 bits per heavy atom. The first-order valence-electron chi connectivity index (χ1n) is 6.77. The van der Waals surface area contributed by atoms with E-state index in [9.17, 15) is 0 Å². The number of nitrogens with one attached hydrogen (secondary N) is 1. The van der Waals surface area contributed by atoms with Crippen LogP contribution in [0.25, 0.3) is 0 Å². The van der Waals surface area contributed by atoms with Crippen LogP contribution in [0.2, 0.25) is 0 Å². The molecule has 0 amide bonds. The fourth-order valence-corrected chi connectivity index (χ4v) is 2.09. The molecule has 5 nitrogen and oxygen atoms in total. The monoisotopic (exact) mass is 270 g/mol. The molecule has 2 heterocycles. The third-order valence-corrected chi connectivity index (χ3v) is 3.19. The zero-order valence-electron chi connectivity index (χ0n) is 12.0. The molecule has 2 rings (SSSR count). The number of nitriles is 1. The van der Waals surface area contributed by atoms with Gasteiger partial charge in [-0.3, -0.25) is 0 Å². The lowest BCUT2D eigenvalue weighted by Crippen LogP contribution is -2.07. The number of anilines is 1. The molecule has 0 aliphatic carbocycles. The summed E-state index contributed by atoms with van der Waals surface area (Å²) in [5, 5.41) is 16.4. The minimum absolute atomic E-state index is 0.545. The van der Waals surface area contributed by atoms with Crippen molar-refractivity contribution in [3.8, 4) is 6.07 Å². The average Bonchev–Trinajstić information content (AvgIpc) is 2.87. The van der Waals surface area contributed by atoms with Gasteiger partial charge in [0.1, 0.15) is 17.6 Å². The third-order valence-electron chi connectivity index (χ3n) is 3.19. The first-order chi connectivity index (χ1) is 9.69. The Morgan fingerprint density at radius 1 is 1.30 bits per heavy atom. The van der Waals surface area contributed by atoms with Crippen LogP contribution in [0.15, 0.2) is 16.7 Å². The lowest BCUT2D eigenvalue weighted by Gasteiger charge is -2.08. The summed E-state index contributed by atoms with van der Waals surface area (Å²) in [6.07, 6.45) is 1.63. The van der Waals surface area contributed by atoms with Crippen LogP contribution in [-0.4, -0.2) is 10.1 Å². The van der Waals surface area contributed by atoms with Crippen molar-refractivity contribution in [2.75, 3.05) is 5.32 Å². The Labute approximate surface area is 118 Å². The number of aryl methyl sites for hydroxylation is 3. The summed E-state index contributed by atoms with van der Waals surface area (Å²) in [6, 6.07) is 5.75. The molecular weight excluding hydrogens is 252 g/mol. The van der Waals surface area contributed by atoms with Crippen molar-refractivity contribution in [1.82, 2.24) is 10.1 Å². The average molecular weight is 270 g/mol. The normalized spacial score (nSPS) is 10.3. The maximum Gasteiger partial charge on any atom is 0.144 e. The van der Waals surface area contributed by atoms with Gasteiger partial charge in [-0.1, -0.05) is 19.0 Å². The number of hydrogen-bond acceptors (Lipinski definition) is 5. The molecule has 0 saturated heterocycles. The maximum atomic E-state index is 9.11. The van der Waals surface area contributed by atoms with Crippen LogP contribution in [0, 0.1) is 18.3 Å². The van der Waals surface area contributed by atoms with E-state index < -0.39 is 0 Å². The van der Waals surface area contributed by atoms with Gasteiger partial charge in [0.2, 0.25) is 0 Å². The fraction of sp³-hybridized carbons (Fsp3) is 0.400. The van der Waals surface area contributed by atoms with Crippen LogP contribution in [0.4, 0.5) is 5.82 Å². The molecule has 2 aromatic heterocycles. The molecule has 20 heavy (non-hydrogen) atoms. The van der Waals surface area contributed by atoms with Crippen molar-refractivity contribution in [1.29, 1.82) is 5.26 Å². The number of hydrogen-bond donors (Lipinski definition) is 1. The fourth-order valence-electron chi connectivity index (χ4n) is 2.09. The molecule has 0 unspecified atom stereocenters. The highest BCUT2D eigenvalue weighted by Crippen LogP contribution is 2.19. The highest BCUT2D eigenvalue weighted by Gasteiger charge is 2.14. The minimum Gasteiger partial charge on any atom is -0.365 e. The smallest absolute Gasteiger partial charge is 0.144 e. The molecular formula is C15H18N4O. The van der Waals surface area contributed by atoms with Crippen LogP contribution >= 0.6 is 0 Å². The van der Waals surface area contributed by atoms with Gasteiger partial charge >= 0.3 is 0 Å². The first-order valence-corrected chi connectivity index (χ1v) is 6.77. The third kappa shape index (κ3) is 2.80. The second-order valence-electron chi connectivity index (χ2n) is 4.55. The Bertz CT molecular complexity index is 618. The van der Waals surface area contributed by atoms with Gasteiger partial charge in [0.05, 0.1) is 11.3 Å². The highest BCUT2D eigenvalue weighted by atomic mass is 16.5. The van der Waals surface area contributed by atoms with E-state index in [2.05, 4.69) is 21.5 Å². The van der Waals surface area contributed by atoms with E-state index in [1.165, 1.54) is 0 Å². The predicted octanol–water partition coefficient (Wildman–Crippen LogP) is 2.99. The molecule has 104 valence electrons. The standard InChI is InChI=1S/C15H18N4O/c1-4-13-12(14(5-2)20-19-13)9-17-15-11(8-16)7-6-10(3)18-15/h6-7H,4-5,9H2,1-3H3,(H,17,18). The van der Waals surface area contributed by atoms with E-state index in [-0.39, 0.29) is 0 Å². The van der Waals surface area contributed by atoms with Crippen LogP contribution in [0.1, 0.15) is 42.1 Å². The van der Waals surface area contributed by atoms with Gasteiger partial charge in [-0.15, -0.1) is 0 Å². The highest BCUT2D eigenvalue weighted by molar-refractivity contribution is 5.52. The molecule has 2 aromatic rings. The number of aromatic nitrogens is 2. The van der Waals surface area contributed by atoms with Crippen molar-refractivity contribution in [3.63, 3.8) is 0 Å². The van der Waals surface area contributed by atoms with Crippen molar-refractivity contribution in [3.05, 3.63) is 40.4 Å². The molecule has 0 atom stereocenters.